The quantitative estimate of drug-likeness (QED) is 0.908. The van der Waals surface area contributed by atoms with Crippen molar-refractivity contribution in [3.8, 4) is 0 Å². The molecule has 0 amide bonds. The van der Waals surface area contributed by atoms with Crippen LogP contribution in [0.4, 0.5) is 5.69 Å². The zero-order chi connectivity index (χ0) is 14.8. The van der Waals surface area contributed by atoms with Gasteiger partial charge in [0.15, 0.2) is 0 Å². The van der Waals surface area contributed by atoms with Gasteiger partial charge >= 0.3 is 0 Å². The molecule has 1 aliphatic heterocycles. The summed E-state index contributed by atoms with van der Waals surface area (Å²) in [6.45, 7) is 7.77. The Balaban J connectivity index is 2.22. The molecule has 20 heavy (non-hydrogen) atoms. The maximum atomic E-state index is 12.1. The van der Waals surface area contributed by atoms with Gasteiger partial charge in [-0.1, -0.05) is 26.0 Å². The first-order valence-corrected chi connectivity index (χ1v) is 8.88. The van der Waals surface area contributed by atoms with E-state index in [0.717, 1.165) is 24.2 Å². The molecule has 112 valence electrons. The third kappa shape index (κ3) is 3.33. The van der Waals surface area contributed by atoms with E-state index in [1.165, 1.54) is 0 Å². The van der Waals surface area contributed by atoms with Gasteiger partial charge in [-0.25, -0.2) is 8.42 Å². The Labute approximate surface area is 122 Å². The molecule has 1 fully saturated rings. The van der Waals surface area contributed by atoms with Crippen molar-refractivity contribution in [3.05, 3.63) is 29.8 Å². The number of hydrogen-bond acceptors (Lipinski definition) is 3. The number of anilines is 1. The molecule has 2 unspecified atom stereocenters. The first-order valence-electron chi connectivity index (χ1n) is 7.27. The largest absolute Gasteiger partial charge is 0.310 e. The minimum Gasteiger partial charge on any atom is -0.310 e. The van der Waals surface area contributed by atoms with E-state index >= 15 is 0 Å². The van der Waals surface area contributed by atoms with Gasteiger partial charge in [0, 0.05) is 12.6 Å². The van der Waals surface area contributed by atoms with Crippen molar-refractivity contribution >= 4 is 15.7 Å². The van der Waals surface area contributed by atoms with Gasteiger partial charge in [0.1, 0.15) is 0 Å². The topological polar surface area (TPSA) is 49.4 Å². The summed E-state index contributed by atoms with van der Waals surface area (Å²) in [5, 5.41) is 3.43. The lowest BCUT2D eigenvalue weighted by molar-refractivity contribution is 0.570. The zero-order valence-electron chi connectivity index (χ0n) is 12.5. The van der Waals surface area contributed by atoms with Gasteiger partial charge < -0.3 is 5.32 Å². The van der Waals surface area contributed by atoms with Crippen LogP contribution in [0.3, 0.4) is 0 Å². The van der Waals surface area contributed by atoms with E-state index in [1.807, 2.05) is 31.2 Å². The van der Waals surface area contributed by atoms with Crippen LogP contribution in [0.1, 0.15) is 38.8 Å². The van der Waals surface area contributed by atoms with Crippen LogP contribution >= 0.6 is 0 Å². The third-order valence-corrected chi connectivity index (χ3v) is 5.69. The normalized spacial score (nSPS) is 22.9. The predicted octanol–water partition coefficient (Wildman–Crippen LogP) is 2.53. The van der Waals surface area contributed by atoms with Crippen molar-refractivity contribution in [1.29, 1.82) is 0 Å². The Morgan fingerprint density at radius 2 is 2.20 bits per heavy atom. The molecule has 5 heteroatoms. The third-order valence-electron chi connectivity index (χ3n) is 3.67. The molecular formula is C15H24N2O2S. The highest BCUT2D eigenvalue weighted by Crippen LogP contribution is 2.28. The van der Waals surface area contributed by atoms with E-state index in [9.17, 15) is 8.42 Å². The average Bonchev–Trinajstić information content (AvgIpc) is 2.69. The molecule has 0 radical (unpaired) electrons. The first-order chi connectivity index (χ1) is 9.44. The van der Waals surface area contributed by atoms with Gasteiger partial charge in [-0.3, -0.25) is 4.31 Å². The lowest BCUT2D eigenvalue weighted by Crippen LogP contribution is -2.26. The van der Waals surface area contributed by atoms with Crippen molar-refractivity contribution < 1.29 is 8.42 Å². The molecule has 1 aromatic rings. The second kappa shape index (κ2) is 6.14. The summed E-state index contributed by atoms with van der Waals surface area (Å²) in [6, 6.07) is 8.09. The van der Waals surface area contributed by atoms with Crippen LogP contribution in [0.25, 0.3) is 0 Å². The van der Waals surface area contributed by atoms with E-state index in [0.29, 0.717) is 6.54 Å². The number of hydrogen-bond donors (Lipinski definition) is 1. The van der Waals surface area contributed by atoms with Crippen LogP contribution in [0.2, 0.25) is 0 Å². The Kier molecular flexibility index (Phi) is 4.70. The number of nitrogens with zero attached hydrogens (tertiary/aromatic N) is 1. The van der Waals surface area contributed by atoms with Crippen LogP contribution in [0, 0.1) is 5.92 Å². The van der Waals surface area contributed by atoms with Gasteiger partial charge in [0.05, 0.1) is 11.4 Å². The van der Waals surface area contributed by atoms with E-state index < -0.39 is 10.0 Å². The van der Waals surface area contributed by atoms with E-state index in [1.54, 1.807) is 4.31 Å². The summed E-state index contributed by atoms with van der Waals surface area (Å²) < 4.78 is 25.8. The highest BCUT2D eigenvalue weighted by Gasteiger charge is 2.33. The van der Waals surface area contributed by atoms with Crippen LogP contribution in [0.15, 0.2) is 24.3 Å². The van der Waals surface area contributed by atoms with E-state index in [-0.39, 0.29) is 17.7 Å². The van der Waals surface area contributed by atoms with Gasteiger partial charge in [0.2, 0.25) is 10.0 Å². The molecular weight excluding hydrogens is 272 g/mol. The fourth-order valence-corrected chi connectivity index (χ4v) is 4.51. The molecule has 0 spiro atoms. The SMILES string of the molecule is CCCNC(C)c1cccc(N2CC(C)CS2(=O)=O)c1. The molecule has 0 aromatic heterocycles. The summed E-state index contributed by atoms with van der Waals surface area (Å²) in [6.07, 6.45) is 1.09. The lowest BCUT2D eigenvalue weighted by atomic mass is 10.1. The Morgan fingerprint density at radius 3 is 2.80 bits per heavy atom. The monoisotopic (exact) mass is 296 g/mol. The molecule has 4 nitrogen and oxygen atoms in total. The molecule has 2 rings (SSSR count). The highest BCUT2D eigenvalue weighted by atomic mass is 32.2. The second-order valence-corrected chi connectivity index (χ2v) is 7.62. The molecule has 2 atom stereocenters. The summed E-state index contributed by atoms with van der Waals surface area (Å²) in [7, 11) is -3.14. The summed E-state index contributed by atoms with van der Waals surface area (Å²) in [5.41, 5.74) is 1.92. The molecule has 1 heterocycles. The maximum Gasteiger partial charge on any atom is 0.235 e. The van der Waals surface area contributed by atoms with Crippen molar-refractivity contribution in [1.82, 2.24) is 5.32 Å². The number of rotatable bonds is 5. The zero-order valence-corrected chi connectivity index (χ0v) is 13.3. The minimum absolute atomic E-state index is 0.194. The Morgan fingerprint density at radius 1 is 1.45 bits per heavy atom. The van der Waals surface area contributed by atoms with Crippen LogP contribution in [0.5, 0.6) is 0 Å². The summed E-state index contributed by atoms with van der Waals surface area (Å²) in [5.74, 6) is 0.445. The van der Waals surface area contributed by atoms with Gasteiger partial charge in [-0.2, -0.15) is 0 Å². The molecule has 0 bridgehead atoms. The number of nitrogens with one attached hydrogen (secondary N) is 1. The smallest absolute Gasteiger partial charge is 0.235 e. The van der Waals surface area contributed by atoms with Gasteiger partial charge in [-0.15, -0.1) is 0 Å². The van der Waals surface area contributed by atoms with E-state index in [2.05, 4.69) is 19.2 Å². The van der Waals surface area contributed by atoms with E-state index in [4.69, 9.17) is 0 Å². The fraction of sp³-hybridized carbons (Fsp3) is 0.600. The minimum atomic E-state index is -3.14. The molecule has 1 saturated heterocycles. The standard InChI is InChI=1S/C15H24N2O2S/c1-4-8-16-13(3)14-6-5-7-15(9-14)17-10-12(2)11-20(17,18)19/h5-7,9,12-13,16H,4,8,10-11H2,1-3H3. The van der Waals surface area contributed by atoms with Crippen molar-refractivity contribution in [2.75, 3.05) is 23.1 Å². The second-order valence-electron chi connectivity index (χ2n) is 5.69. The average molecular weight is 296 g/mol. The Bertz CT molecular complexity index is 557. The predicted molar refractivity (Wildman–Crippen MR) is 83.4 cm³/mol. The Hall–Kier alpha value is -1.07. The molecule has 0 aliphatic carbocycles. The molecule has 0 saturated carbocycles. The maximum absolute atomic E-state index is 12.1. The molecule has 1 N–H and O–H groups in total. The fourth-order valence-electron chi connectivity index (χ4n) is 2.59. The van der Waals surface area contributed by atoms with Crippen molar-refractivity contribution in [2.45, 2.75) is 33.2 Å². The highest BCUT2D eigenvalue weighted by molar-refractivity contribution is 7.93. The number of benzene rings is 1. The number of sulfonamides is 1. The molecule has 1 aromatic carbocycles. The molecule has 1 aliphatic rings. The lowest BCUT2D eigenvalue weighted by Gasteiger charge is -2.20. The summed E-state index contributed by atoms with van der Waals surface area (Å²) in [4.78, 5) is 0. The van der Waals surface area contributed by atoms with Crippen molar-refractivity contribution in [3.63, 3.8) is 0 Å². The van der Waals surface area contributed by atoms with Gasteiger partial charge in [0.25, 0.3) is 0 Å². The van der Waals surface area contributed by atoms with Crippen LogP contribution in [-0.2, 0) is 10.0 Å². The van der Waals surface area contributed by atoms with Gasteiger partial charge in [-0.05, 0) is 43.5 Å². The first kappa shape index (κ1) is 15.3. The van der Waals surface area contributed by atoms with Crippen LogP contribution in [-0.4, -0.2) is 27.3 Å². The summed E-state index contributed by atoms with van der Waals surface area (Å²) >= 11 is 0. The van der Waals surface area contributed by atoms with Crippen molar-refractivity contribution in [2.24, 2.45) is 5.92 Å². The van der Waals surface area contributed by atoms with Crippen LogP contribution < -0.4 is 9.62 Å².